The van der Waals surface area contributed by atoms with Gasteiger partial charge < -0.3 is 9.47 Å². The maximum Gasteiger partial charge on any atom is 0.387 e. The second-order valence-electron chi connectivity index (χ2n) is 9.69. The molecular weight excluding hydrogens is 406 g/mol. The van der Waals surface area contributed by atoms with Gasteiger partial charge in [-0.05, 0) is 30.3 Å². The van der Waals surface area contributed by atoms with Crippen molar-refractivity contribution in [3.8, 4) is 0 Å². The fourth-order valence-corrected chi connectivity index (χ4v) is 6.34. The van der Waals surface area contributed by atoms with E-state index in [4.69, 9.17) is 18.7 Å². The van der Waals surface area contributed by atoms with E-state index in [0.717, 1.165) is 12.8 Å². The summed E-state index contributed by atoms with van der Waals surface area (Å²) in [5.41, 5.74) is -0.532. The first kappa shape index (κ1) is 21.7. The van der Waals surface area contributed by atoms with Crippen molar-refractivity contribution in [1.29, 1.82) is 0 Å². The predicted molar refractivity (Wildman–Crippen MR) is 107 cm³/mol. The fraction of sp³-hybridized carbons (Fsp3) is 0.682. The fourth-order valence-electron chi connectivity index (χ4n) is 6.34. The maximum absolute atomic E-state index is 13.6. The van der Waals surface area contributed by atoms with E-state index in [-0.39, 0.29) is 22.9 Å². The Morgan fingerprint density at radius 1 is 1.29 bits per heavy atom. The Hall–Kier alpha value is -2.55. The molecule has 31 heavy (non-hydrogen) atoms. The highest BCUT2D eigenvalue weighted by atomic mass is 17.0. The first-order chi connectivity index (χ1) is 14.5. The quantitative estimate of drug-likeness (QED) is 0.219. The number of rotatable bonds is 4. The Bertz CT molecular complexity index is 974. The van der Waals surface area contributed by atoms with Crippen molar-refractivity contribution >= 4 is 17.5 Å². The third-order valence-corrected chi connectivity index (χ3v) is 7.43. The molecular formula is C22H28NO8+. The van der Waals surface area contributed by atoms with E-state index in [1.165, 1.54) is 14.2 Å². The molecule has 1 aliphatic heterocycles. The van der Waals surface area contributed by atoms with Gasteiger partial charge in [-0.25, -0.2) is 0 Å². The van der Waals surface area contributed by atoms with E-state index in [1.807, 2.05) is 27.7 Å². The van der Waals surface area contributed by atoms with Crippen LogP contribution in [0.1, 0.15) is 47.0 Å². The monoisotopic (exact) mass is 434 g/mol. The molecule has 1 heterocycles. The molecule has 0 N–H and O–H groups in total. The molecule has 1 saturated heterocycles. The highest BCUT2D eigenvalue weighted by Gasteiger charge is 2.75. The van der Waals surface area contributed by atoms with Gasteiger partial charge in [-0.2, -0.15) is 0 Å². The van der Waals surface area contributed by atoms with E-state index >= 15 is 0 Å². The van der Waals surface area contributed by atoms with Crippen LogP contribution in [0.2, 0.25) is 0 Å². The number of esters is 1. The lowest BCUT2D eigenvalue weighted by Gasteiger charge is -2.50. The third kappa shape index (κ3) is 2.55. The predicted octanol–water partition coefficient (Wildman–Crippen LogP) is 2.49. The van der Waals surface area contributed by atoms with Gasteiger partial charge in [-0.15, -0.1) is 10.1 Å². The zero-order valence-corrected chi connectivity index (χ0v) is 18.6. The minimum Gasteiger partial charge on any atom is -0.453 e. The molecule has 2 bridgehead atoms. The molecule has 0 radical (unpaired) electrons. The van der Waals surface area contributed by atoms with E-state index in [9.17, 15) is 19.7 Å². The number of carbonyl (C=O) groups is 2. The molecule has 0 aromatic carbocycles. The SMILES string of the molecule is COC1(O[N+](=O)[O-])C(C(C)C)=CC2=C(C1=[O+]C)[C@@]13CCCC(C)(C)[C@@H]1C(OC3=O)C2=O. The van der Waals surface area contributed by atoms with Crippen LogP contribution in [-0.4, -0.2) is 48.7 Å². The first-order valence-electron chi connectivity index (χ1n) is 10.5. The summed E-state index contributed by atoms with van der Waals surface area (Å²) in [6.45, 7) is 7.69. The lowest BCUT2D eigenvalue weighted by molar-refractivity contribution is -0.787. The van der Waals surface area contributed by atoms with Crippen LogP contribution in [-0.2, 0) is 28.3 Å². The summed E-state index contributed by atoms with van der Waals surface area (Å²) in [7, 11) is 2.63. The number of carbonyl (C=O) groups excluding carboxylic acids is 3. The Morgan fingerprint density at radius 2 is 1.97 bits per heavy atom. The summed E-state index contributed by atoms with van der Waals surface area (Å²) >= 11 is 0. The van der Waals surface area contributed by atoms with Gasteiger partial charge >= 0.3 is 17.5 Å². The smallest absolute Gasteiger partial charge is 0.387 e. The minimum atomic E-state index is -2.00. The lowest BCUT2D eigenvalue weighted by atomic mass is 9.48. The largest absolute Gasteiger partial charge is 0.453 e. The Balaban J connectivity index is 2.08. The molecule has 4 atom stereocenters. The molecule has 4 rings (SSSR count). The molecule has 2 unspecified atom stereocenters. The van der Waals surface area contributed by atoms with Crippen LogP contribution in [0.5, 0.6) is 0 Å². The average Bonchev–Trinajstić information content (AvgIpc) is 2.96. The van der Waals surface area contributed by atoms with Crippen molar-refractivity contribution in [1.82, 2.24) is 0 Å². The van der Waals surface area contributed by atoms with E-state index in [2.05, 4.69) is 0 Å². The number of Topliss-reactive ketones (excluding diaryl/α,β-unsaturated/α-hetero) is 1. The van der Waals surface area contributed by atoms with Gasteiger partial charge in [0, 0.05) is 24.2 Å². The maximum atomic E-state index is 13.6. The number of ketones is 2. The normalized spacial score (nSPS) is 37.4. The van der Waals surface area contributed by atoms with Crippen LogP contribution in [0.25, 0.3) is 0 Å². The molecule has 9 nitrogen and oxygen atoms in total. The second kappa shape index (κ2) is 6.72. The van der Waals surface area contributed by atoms with E-state index in [1.54, 1.807) is 6.08 Å². The van der Waals surface area contributed by atoms with E-state index in [0.29, 0.717) is 23.1 Å². The van der Waals surface area contributed by atoms with Gasteiger partial charge in [-0.3, -0.25) is 18.9 Å². The minimum absolute atomic E-state index is 0.0266. The standard InChI is InChI=1S/C22H28NO8/c1-11(2)13-10-12-14(18(28-5)22(13,29-6)31-23(26)27)21-9-7-8-20(3,4)17(21)16(15(12)24)30-19(21)25/h10-11,16-17H,7-9H2,1-6H3/q+1/t16?,17-,21-,22?/m0/s1. The summed E-state index contributed by atoms with van der Waals surface area (Å²) in [6.07, 6.45) is 2.73. The first-order valence-corrected chi connectivity index (χ1v) is 10.5. The highest BCUT2D eigenvalue weighted by molar-refractivity contribution is 6.21. The summed E-state index contributed by atoms with van der Waals surface area (Å²) in [6, 6.07) is 0. The van der Waals surface area contributed by atoms with Gasteiger partial charge in [0.2, 0.25) is 5.78 Å². The van der Waals surface area contributed by atoms with Crippen LogP contribution >= 0.6 is 0 Å². The Morgan fingerprint density at radius 3 is 2.52 bits per heavy atom. The number of ether oxygens (including phenoxy) is 2. The van der Waals surface area contributed by atoms with Gasteiger partial charge in [0.25, 0.3) is 12.2 Å². The van der Waals surface area contributed by atoms with Crippen molar-refractivity contribution in [2.75, 3.05) is 14.2 Å². The molecule has 0 aromatic heterocycles. The summed E-state index contributed by atoms with van der Waals surface area (Å²) in [4.78, 5) is 43.6. The van der Waals surface area contributed by atoms with Crippen LogP contribution in [0.3, 0.4) is 0 Å². The molecule has 9 heteroatoms. The van der Waals surface area contributed by atoms with Crippen molar-refractivity contribution in [2.24, 2.45) is 22.7 Å². The van der Waals surface area contributed by atoms with Crippen molar-refractivity contribution < 1.29 is 33.4 Å². The molecule has 2 fully saturated rings. The topological polar surface area (TPSA) is 116 Å². The van der Waals surface area contributed by atoms with Gasteiger partial charge in [-0.1, -0.05) is 34.1 Å². The van der Waals surface area contributed by atoms with Crippen molar-refractivity contribution in [2.45, 2.75) is 58.8 Å². The van der Waals surface area contributed by atoms with Gasteiger partial charge in [0.1, 0.15) is 5.41 Å². The zero-order chi connectivity index (χ0) is 22.9. The number of nitrogens with zero attached hydrogens (tertiary/aromatic N) is 1. The molecule has 1 saturated carbocycles. The van der Waals surface area contributed by atoms with Crippen LogP contribution < -0.4 is 0 Å². The lowest BCUT2D eigenvalue weighted by Crippen LogP contribution is -2.60. The summed E-state index contributed by atoms with van der Waals surface area (Å²) < 4.78 is 17.0. The number of hydrogen-bond donors (Lipinski definition) is 0. The molecule has 168 valence electrons. The van der Waals surface area contributed by atoms with E-state index < -0.39 is 34.3 Å². The van der Waals surface area contributed by atoms with Gasteiger partial charge in [0.05, 0.1) is 5.57 Å². The number of hydrogen-bond acceptors (Lipinski definition) is 7. The molecule has 0 spiro atoms. The van der Waals surface area contributed by atoms with Crippen LogP contribution in [0.15, 0.2) is 22.8 Å². The van der Waals surface area contributed by atoms with Crippen molar-refractivity contribution in [3.05, 3.63) is 32.9 Å². The molecule has 0 amide bonds. The summed E-state index contributed by atoms with van der Waals surface area (Å²) in [5, 5.41) is 10.6. The number of methoxy groups -OCH3 is 1. The van der Waals surface area contributed by atoms with Crippen LogP contribution in [0.4, 0.5) is 0 Å². The van der Waals surface area contributed by atoms with Gasteiger partial charge in [0.15, 0.2) is 6.10 Å². The molecule has 3 aliphatic carbocycles. The van der Waals surface area contributed by atoms with Crippen molar-refractivity contribution in [3.63, 3.8) is 0 Å². The highest BCUT2D eigenvalue weighted by Crippen LogP contribution is 2.65. The number of allylic oxidation sites excluding steroid dienone is 1. The Labute approximate surface area is 180 Å². The summed E-state index contributed by atoms with van der Waals surface area (Å²) in [5.74, 6) is -3.51. The molecule has 0 aromatic rings. The second-order valence-corrected chi connectivity index (χ2v) is 9.69. The zero-order valence-electron chi connectivity index (χ0n) is 18.6. The van der Waals surface area contributed by atoms with Crippen LogP contribution in [0, 0.1) is 32.8 Å². The average molecular weight is 434 g/mol. The third-order valence-electron chi connectivity index (χ3n) is 7.43. The Kier molecular flexibility index (Phi) is 4.70. The molecule has 4 aliphatic rings.